The number of benzene rings is 1. The highest BCUT2D eigenvalue weighted by Gasteiger charge is 2.12. The van der Waals surface area contributed by atoms with Gasteiger partial charge >= 0.3 is 5.97 Å². The second-order valence-corrected chi connectivity index (χ2v) is 6.25. The van der Waals surface area contributed by atoms with Gasteiger partial charge in [-0.05, 0) is 23.6 Å². The molecule has 0 fully saturated rings. The number of pyridine rings is 1. The summed E-state index contributed by atoms with van der Waals surface area (Å²) in [6.07, 6.45) is 0. The maximum Gasteiger partial charge on any atom is 0.316 e. The normalized spacial score (nSPS) is 10.3. The lowest BCUT2D eigenvalue weighted by atomic mass is 10.1. The van der Waals surface area contributed by atoms with Gasteiger partial charge in [0, 0.05) is 5.69 Å². The summed E-state index contributed by atoms with van der Waals surface area (Å²) in [4.78, 5) is 16.3. The van der Waals surface area contributed by atoms with Crippen molar-refractivity contribution >= 4 is 17.7 Å². The van der Waals surface area contributed by atoms with Crippen LogP contribution < -0.4 is 0 Å². The molecule has 0 saturated heterocycles. The Morgan fingerprint density at radius 1 is 1.26 bits per heavy atom. The van der Waals surface area contributed by atoms with Crippen molar-refractivity contribution in [2.75, 3.05) is 5.75 Å². The standard InChI is InChI=1S/C18H18N2O2S/c1-13(2)16-9-8-15(10-19)18(20-16)23-12-17(21)22-11-14-6-4-3-5-7-14/h3-9,13H,11-12H2,1-2H3. The topological polar surface area (TPSA) is 63.0 Å². The van der Waals surface area contributed by atoms with Crippen molar-refractivity contribution < 1.29 is 9.53 Å². The molecule has 1 aromatic heterocycles. The quantitative estimate of drug-likeness (QED) is 0.595. The number of hydrogen-bond acceptors (Lipinski definition) is 5. The van der Waals surface area contributed by atoms with Gasteiger partial charge in [-0.15, -0.1) is 0 Å². The third-order valence-electron chi connectivity index (χ3n) is 3.16. The molecule has 1 heterocycles. The number of carbonyl (C=O) groups is 1. The first-order valence-electron chi connectivity index (χ1n) is 7.33. The highest BCUT2D eigenvalue weighted by molar-refractivity contribution is 7.99. The zero-order valence-electron chi connectivity index (χ0n) is 13.2. The molecule has 0 spiro atoms. The van der Waals surface area contributed by atoms with Crippen molar-refractivity contribution in [3.05, 3.63) is 59.3 Å². The first-order valence-corrected chi connectivity index (χ1v) is 8.32. The zero-order valence-corrected chi connectivity index (χ0v) is 14.0. The average Bonchev–Trinajstić information content (AvgIpc) is 2.58. The van der Waals surface area contributed by atoms with E-state index in [4.69, 9.17) is 10.00 Å². The Kier molecular flexibility index (Phi) is 6.19. The predicted octanol–water partition coefficient (Wildman–Crippen LogP) is 3.91. The summed E-state index contributed by atoms with van der Waals surface area (Å²) in [6, 6.07) is 15.2. The first kappa shape index (κ1) is 17.0. The molecule has 2 rings (SSSR count). The van der Waals surface area contributed by atoms with Crippen LogP contribution in [-0.4, -0.2) is 16.7 Å². The van der Waals surface area contributed by atoms with Gasteiger partial charge < -0.3 is 4.74 Å². The molecule has 0 aliphatic rings. The molecule has 0 radical (unpaired) electrons. The molecule has 5 heteroatoms. The van der Waals surface area contributed by atoms with Crippen LogP contribution >= 0.6 is 11.8 Å². The summed E-state index contributed by atoms with van der Waals surface area (Å²) in [5.74, 6) is 0.0856. The maximum atomic E-state index is 11.9. The van der Waals surface area contributed by atoms with Gasteiger partial charge in [0.1, 0.15) is 17.7 Å². The Morgan fingerprint density at radius 2 is 2.00 bits per heavy atom. The fraction of sp³-hybridized carbons (Fsp3) is 0.278. The first-order chi connectivity index (χ1) is 11.1. The minimum Gasteiger partial charge on any atom is -0.460 e. The number of nitriles is 1. The fourth-order valence-electron chi connectivity index (χ4n) is 1.88. The summed E-state index contributed by atoms with van der Waals surface area (Å²) < 4.78 is 5.23. The van der Waals surface area contributed by atoms with Gasteiger partial charge in [-0.3, -0.25) is 4.79 Å². The Hall–Kier alpha value is -2.32. The van der Waals surface area contributed by atoms with Crippen molar-refractivity contribution in [1.29, 1.82) is 5.26 Å². The van der Waals surface area contributed by atoms with Crippen molar-refractivity contribution in [3.8, 4) is 6.07 Å². The zero-order chi connectivity index (χ0) is 16.7. The molecule has 0 aliphatic carbocycles. The summed E-state index contributed by atoms with van der Waals surface area (Å²) in [5, 5.41) is 9.72. The number of carbonyl (C=O) groups excluding carboxylic acids is 1. The van der Waals surface area contributed by atoms with E-state index in [0.29, 0.717) is 10.6 Å². The molecule has 2 aromatic rings. The van der Waals surface area contributed by atoms with Gasteiger partial charge in [0.2, 0.25) is 0 Å². The molecule has 23 heavy (non-hydrogen) atoms. The summed E-state index contributed by atoms with van der Waals surface area (Å²) in [7, 11) is 0. The van der Waals surface area contributed by atoms with Crippen LogP contribution in [0.5, 0.6) is 0 Å². The highest BCUT2D eigenvalue weighted by atomic mass is 32.2. The second-order valence-electron chi connectivity index (χ2n) is 5.29. The molecule has 1 aromatic carbocycles. The van der Waals surface area contributed by atoms with E-state index in [0.717, 1.165) is 11.3 Å². The van der Waals surface area contributed by atoms with Crippen molar-refractivity contribution in [2.45, 2.75) is 31.4 Å². The molecule has 118 valence electrons. The van der Waals surface area contributed by atoms with E-state index in [2.05, 4.69) is 11.1 Å². The number of rotatable bonds is 6. The van der Waals surface area contributed by atoms with Crippen LogP contribution in [0.2, 0.25) is 0 Å². The van der Waals surface area contributed by atoms with E-state index in [1.54, 1.807) is 6.07 Å². The van der Waals surface area contributed by atoms with Crippen LogP contribution in [0.25, 0.3) is 0 Å². The third kappa shape index (κ3) is 5.11. The molecule has 0 aliphatic heterocycles. The minimum absolute atomic E-state index is 0.135. The summed E-state index contributed by atoms with van der Waals surface area (Å²) in [6.45, 7) is 4.33. The van der Waals surface area contributed by atoms with Gasteiger partial charge in [0.05, 0.1) is 11.3 Å². The van der Waals surface area contributed by atoms with Crippen LogP contribution in [0.1, 0.15) is 36.6 Å². The smallest absolute Gasteiger partial charge is 0.316 e. The number of esters is 1. The number of nitrogens with zero attached hydrogens (tertiary/aromatic N) is 2. The van der Waals surface area contributed by atoms with Gasteiger partial charge in [0.15, 0.2) is 0 Å². The lowest BCUT2D eigenvalue weighted by Gasteiger charge is -2.09. The van der Waals surface area contributed by atoms with Crippen LogP contribution in [-0.2, 0) is 16.1 Å². The Labute approximate surface area is 140 Å². The average molecular weight is 326 g/mol. The molecule has 0 unspecified atom stereocenters. The lowest BCUT2D eigenvalue weighted by Crippen LogP contribution is -2.08. The molecular formula is C18H18N2O2S. The summed E-state index contributed by atoms with van der Waals surface area (Å²) in [5.41, 5.74) is 2.34. The fourth-order valence-corrected chi connectivity index (χ4v) is 2.66. The number of hydrogen-bond donors (Lipinski definition) is 0. The van der Waals surface area contributed by atoms with E-state index < -0.39 is 0 Å². The van der Waals surface area contributed by atoms with Gasteiger partial charge in [-0.2, -0.15) is 5.26 Å². The van der Waals surface area contributed by atoms with E-state index in [1.807, 2.05) is 50.2 Å². The molecule has 0 atom stereocenters. The number of thioether (sulfide) groups is 1. The van der Waals surface area contributed by atoms with Crippen LogP contribution in [0.3, 0.4) is 0 Å². The molecular weight excluding hydrogens is 308 g/mol. The monoisotopic (exact) mass is 326 g/mol. The van der Waals surface area contributed by atoms with Crippen LogP contribution in [0, 0.1) is 11.3 Å². The van der Waals surface area contributed by atoms with Gasteiger partial charge in [-0.1, -0.05) is 55.9 Å². The highest BCUT2D eigenvalue weighted by Crippen LogP contribution is 2.23. The molecule has 0 amide bonds. The predicted molar refractivity (Wildman–Crippen MR) is 90.0 cm³/mol. The van der Waals surface area contributed by atoms with Crippen molar-refractivity contribution in [3.63, 3.8) is 0 Å². The lowest BCUT2D eigenvalue weighted by molar-refractivity contribution is -0.141. The SMILES string of the molecule is CC(C)c1ccc(C#N)c(SCC(=O)OCc2ccccc2)n1. The minimum atomic E-state index is -0.320. The van der Waals surface area contributed by atoms with Crippen molar-refractivity contribution in [1.82, 2.24) is 4.98 Å². The molecule has 4 nitrogen and oxygen atoms in total. The van der Waals surface area contributed by atoms with E-state index in [-0.39, 0.29) is 24.2 Å². The maximum absolute atomic E-state index is 11.9. The van der Waals surface area contributed by atoms with Gasteiger partial charge in [-0.25, -0.2) is 4.98 Å². The number of aromatic nitrogens is 1. The molecule has 0 N–H and O–H groups in total. The molecule has 0 saturated carbocycles. The number of ether oxygens (including phenoxy) is 1. The van der Waals surface area contributed by atoms with Crippen LogP contribution in [0.4, 0.5) is 0 Å². The Morgan fingerprint density at radius 3 is 2.65 bits per heavy atom. The van der Waals surface area contributed by atoms with Crippen LogP contribution in [0.15, 0.2) is 47.5 Å². The largest absolute Gasteiger partial charge is 0.460 e. The summed E-state index contributed by atoms with van der Waals surface area (Å²) >= 11 is 1.24. The van der Waals surface area contributed by atoms with E-state index in [1.165, 1.54) is 11.8 Å². The Balaban J connectivity index is 1.93. The Bertz CT molecular complexity index is 709. The van der Waals surface area contributed by atoms with E-state index >= 15 is 0 Å². The molecule has 0 bridgehead atoms. The van der Waals surface area contributed by atoms with E-state index in [9.17, 15) is 4.79 Å². The third-order valence-corrected chi connectivity index (χ3v) is 4.13. The van der Waals surface area contributed by atoms with Crippen molar-refractivity contribution in [2.24, 2.45) is 0 Å². The van der Waals surface area contributed by atoms with Gasteiger partial charge in [0.25, 0.3) is 0 Å². The second kappa shape index (κ2) is 8.35.